The van der Waals surface area contributed by atoms with Gasteiger partial charge >= 0.3 is 0 Å². The highest BCUT2D eigenvalue weighted by Gasteiger charge is 2.29. The molecule has 1 aliphatic carbocycles. The molecule has 2 aromatic carbocycles. The quantitative estimate of drug-likeness (QED) is 0.540. The Morgan fingerprint density at radius 2 is 1.62 bits per heavy atom. The van der Waals surface area contributed by atoms with Crippen LogP contribution in [0.1, 0.15) is 45.3 Å². The number of aromatic hydroxyl groups is 1. The van der Waals surface area contributed by atoms with Crippen molar-refractivity contribution >= 4 is 11.8 Å². The molecule has 1 aromatic heterocycles. The Hall–Kier alpha value is -3.61. The number of nitrogens with zero attached hydrogens (tertiary/aromatic N) is 2. The zero-order chi connectivity index (χ0) is 20.2. The van der Waals surface area contributed by atoms with Gasteiger partial charge in [-0.3, -0.25) is 9.59 Å². The minimum atomic E-state index is -0.260. The van der Waals surface area contributed by atoms with E-state index in [4.69, 9.17) is 0 Å². The van der Waals surface area contributed by atoms with Crippen LogP contribution in [0.5, 0.6) is 5.75 Å². The van der Waals surface area contributed by atoms with Crippen LogP contribution in [0.3, 0.4) is 0 Å². The van der Waals surface area contributed by atoms with Crippen molar-refractivity contribution < 1.29 is 14.7 Å². The highest BCUT2D eigenvalue weighted by molar-refractivity contribution is 5.95. The van der Waals surface area contributed by atoms with Gasteiger partial charge < -0.3 is 15.7 Å². The molecule has 0 radical (unpaired) electrons. The van der Waals surface area contributed by atoms with Gasteiger partial charge in [-0.1, -0.05) is 18.2 Å². The highest BCUT2D eigenvalue weighted by Crippen LogP contribution is 2.39. The van der Waals surface area contributed by atoms with Gasteiger partial charge in [-0.2, -0.15) is 5.10 Å². The SMILES string of the molecule is O=C(NCCNC(=O)c1cc(C2CC2)nn1-c1ccccc1)c1ccc(O)cc1. The van der Waals surface area contributed by atoms with Crippen LogP contribution < -0.4 is 10.6 Å². The largest absolute Gasteiger partial charge is 0.508 e. The predicted molar refractivity (Wildman–Crippen MR) is 108 cm³/mol. The first kappa shape index (κ1) is 18.7. The number of carbonyl (C=O) groups is 2. The number of para-hydroxylation sites is 1. The lowest BCUT2D eigenvalue weighted by Crippen LogP contribution is -2.35. The lowest BCUT2D eigenvalue weighted by Gasteiger charge is -2.09. The van der Waals surface area contributed by atoms with Crippen LogP contribution in [-0.4, -0.2) is 39.8 Å². The first-order valence-corrected chi connectivity index (χ1v) is 9.62. The molecule has 3 N–H and O–H groups in total. The Bertz CT molecular complexity index is 1010. The monoisotopic (exact) mass is 390 g/mol. The summed E-state index contributed by atoms with van der Waals surface area (Å²) in [6.07, 6.45) is 2.21. The van der Waals surface area contributed by atoms with Gasteiger partial charge in [-0.05, 0) is 55.3 Å². The number of aromatic nitrogens is 2. The molecule has 0 unspecified atom stereocenters. The Balaban J connectivity index is 1.37. The summed E-state index contributed by atoms with van der Waals surface area (Å²) in [5, 5.41) is 19.5. The second-order valence-corrected chi connectivity index (χ2v) is 7.03. The average molecular weight is 390 g/mol. The Morgan fingerprint density at radius 1 is 0.966 bits per heavy atom. The van der Waals surface area contributed by atoms with E-state index in [1.165, 1.54) is 12.1 Å². The molecular formula is C22H22N4O3. The number of rotatable bonds is 7. The van der Waals surface area contributed by atoms with Crippen molar-refractivity contribution in [3.8, 4) is 11.4 Å². The minimum Gasteiger partial charge on any atom is -0.508 e. The summed E-state index contributed by atoms with van der Waals surface area (Å²) in [7, 11) is 0. The second kappa shape index (κ2) is 8.18. The summed E-state index contributed by atoms with van der Waals surface area (Å²) in [6, 6.07) is 17.4. The van der Waals surface area contributed by atoms with E-state index >= 15 is 0 Å². The van der Waals surface area contributed by atoms with Crippen molar-refractivity contribution in [3.05, 3.63) is 77.6 Å². The topological polar surface area (TPSA) is 96.3 Å². The summed E-state index contributed by atoms with van der Waals surface area (Å²) in [5.41, 5.74) is 2.72. The molecule has 1 fully saturated rings. The van der Waals surface area contributed by atoms with Gasteiger partial charge in [0.25, 0.3) is 11.8 Å². The molecule has 29 heavy (non-hydrogen) atoms. The van der Waals surface area contributed by atoms with Crippen LogP contribution in [-0.2, 0) is 0 Å². The third-order valence-corrected chi connectivity index (χ3v) is 4.78. The summed E-state index contributed by atoms with van der Waals surface area (Å²) in [5.74, 6) is 0.0576. The molecule has 2 amide bonds. The summed E-state index contributed by atoms with van der Waals surface area (Å²) < 4.78 is 1.68. The molecule has 0 aliphatic heterocycles. The van der Waals surface area contributed by atoms with Crippen molar-refractivity contribution in [3.63, 3.8) is 0 Å². The Labute approximate surface area is 168 Å². The number of benzene rings is 2. The third kappa shape index (κ3) is 4.45. The lowest BCUT2D eigenvalue weighted by atomic mass is 10.2. The van der Waals surface area contributed by atoms with Crippen LogP contribution >= 0.6 is 0 Å². The van der Waals surface area contributed by atoms with Gasteiger partial charge in [0.1, 0.15) is 11.4 Å². The van der Waals surface area contributed by atoms with E-state index < -0.39 is 0 Å². The van der Waals surface area contributed by atoms with Crippen molar-refractivity contribution in [1.82, 2.24) is 20.4 Å². The van der Waals surface area contributed by atoms with Gasteiger partial charge in [0.05, 0.1) is 11.4 Å². The zero-order valence-electron chi connectivity index (χ0n) is 15.8. The van der Waals surface area contributed by atoms with Crippen molar-refractivity contribution in [2.24, 2.45) is 0 Å². The van der Waals surface area contributed by atoms with E-state index in [1.807, 2.05) is 36.4 Å². The Morgan fingerprint density at radius 3 is 2.28 bits per heavy atom. The molecule has 1 aliphatic rings. The van der Waals surface area contributed by atoms with E-state index in [0.29, 0.717) is 30.3 Å². The molecule has 0 atom stereocenters. The van der Waals surface area contributed by atoms with Gasteiger partial charge in [-0.15, -0.1) is 0 Å². The molecule has 0 spiro atoms. The molecule has 0 saturated heterocycles. The zero-order valence-corrected chi connectivity index (χ0v) is 15.8. The molecule has 1 heterocycles. The number of carbonyl (C=O) groups excluding carboxylic acids is 2. The Kier molecular flexibility index (Phi) is 5.29. The van der Waals surface area contributed by atoms with E-state index in [-0.39, 0.29) is 17.6 Å². The van der Waals surface area contributed by atoms with Crippen LogP contribution in [0, 0.1) is 0 Å². The smallest absolute Gasteiger partial charge is 0.270 e. The van der Waals surface area contributed by atoms with Gasteiger partial charge in [-0.25, -0.2) is 4.68 Å². The first-order valence-electron chi connectivity index (χ1n) is 9.62. The summed E-state index contributed by atoms with van der Waals surface area (Å²) >= 11 is 0. The van der Waals surface area contributed by atoms with E-state index in [9.17, 15) is 14.7 Å². The number of hydrogen-bond donors (Lipinski definition) is 3. The molecule has 3 aromatic rings. The standard InChI is InChI=1S/C22H22N4O3/c27-18-10-8-16(9-11-18)21(28)23-12-13-24-22(29)20-14-19(15-6-7-15)25-26(20)17-4-2-1-3-5-17/h1-5,8-11,14-15,27H,6-7,12-13H2,(H,23,28)(H,24,29). The predicted octanol–water partition coefficient (Wildman–Crippen LogP) is 2.62. The number of phenolic OH excluding ortho intramolecular Hbond substituents is 1. The molecule has 0 bridgehead atoms. The van der Waals surface area contributed by atoms with Crippen LogP contribution in [0.15, 0.2) is 60.7 Å². The maximum absolute atomic E-state index is 12.7. The molecule has 7 heteroatoms. The molecule has 7 nitrogen and oxygen atoms in total. The van der Waals surface area contributed by atoms with Gasteiger partial charge in [0, 0.05) is 24.6 Å². The number of nitrogens with one attached hydrogen (secondary N) is 2. The van der Waals surface area contributed by atoms with Crippen LogP contribution in [0.25, 0.3) is 5.69 Å². The summed E-state index contributed by atoms with van der Waals surface area (Å²) in [4.78, 5) is 24.8. The van der Waals surface area contributed by atoms with E-state index in [1.54, 1.807) is 16.8 Å². The first-order chi connectivity index (χ1) is 14.1. The fourth-order valence-electron chi connectivity index (χ4n) is 3.06. The second-order valence-electron chi connectivity index (χ2n) is 7.03. The van der Waals surface area contributed by atoms with Crippen LogP contribution in [0.2, 0.25) is 0 Å². The van der Waals surface area contributed by atoms with E-state index in [0.717, 1.165) is 24.2 Å². The minimum absolute atomic E-state index is 0.106. The molecule has 4 rings (SSSR count). The maximum atomic E-state index is 12.7. The van der Waals surface area contributed by atoms with Crippen molar-refractivity contribution in [2.75, 3.05) is 13.1 Å². The number of hydrogen-bond acceptors (Lipinski definition) is 4. The van der Waals surface area contributed by atoms with Crippen molar-refractivity contribution in [1.29, 1.82) is 0 Å². The van der Waals surface area contributed by atoms with Gasteiger partial charge in [0.15, 0.2) is 0 Å². The maximum Gasteiger partial charge on any atom is 0.270 e. The third-order valence-electron chi connectivity index (χ3n) is 4.78. The van der Waals surface area contributed by atoms with E-state index in [2.05, 4.69) is 15.7 Å². The van der Waals surface area contributed by atoms with Gasteiger partial charge in [0.2, 0.25) is 0 Å². The summed E-state index contributed by atoms with van der Waals surface area (Å²) in [6.45, 7) is 0.585. The fourth-order valence-corrected chi connectivity index (χ4v) is 3.06. The number of amides is 2. The highest BCUT2D eigenvalue weighted by atomic mass is 16.3. The molecular weight excluding hydrogens is 368 g/mol. The van der Waals surface area contributed by atoms with Crippen LogP contribution in [0.4, 0.5) is 0 Å². The molecule has 1 saturated carbocycles. The lowest BCUT2D eigenvalue weighted by molar-refractivity contribution is 0.0923. The number of phenols is 1. The molecule has 148 valence electrons. The fraction of sp³-hybridized carbons (Fsp3) is 0.227. The van der Waals surface area contributed by atoms with Crippen molar-refractivity contribution in [2.45, 2.75) is 18.8 Å². The average Bonchev–Trinajstić information content (AvgIpc) is 3.50. The normalized spacial score (nSPS) is 13.1.